The number of carbonyl (C=O) groups is 2. The summed E-state index contributed by atoms with van der Waals surface area (Å²) in [6.07, 6.45) is 0.816. The van der Waals surface area contributed by atoms with Gasteiger partial charge in [-0.2, -0.15) is 0 Å². The number of anilines is 1. The largest absolute Gasteiger partial charge is 0.399 e. The molecule has 2 rings (SSSR count). The summed E-state index contributed by atoms with van der Waals surface area (Å²) in [5, 5.41) is 0. The summed E-state index contributed by atoms with van der Waals surface area (Å²) >= 11 is 3.41. The number of likely N-dealkylation sites (tertiary alicyclic amines) is 1. The van der Waals surface area contributed by atoms with Crippen molar-refractivity contribution in [2.24, 2.45) is 5.41 Å². The summed E-state index contributed by atoms with van der Waals surface area (Å²) in [6, 6.07) is 5.38. The number of hydrogen-bond acceptors (Lipinski definition) is 3. The standard InChI is InChI=1S/C14H17BrN2O2/c1-14(2)6-12(18)17(13(19)7-14)8-9-3-4-10(16)5-11(9)15/h3-5H,6-8,16H2,1-2H3. The van der Waals surface area contributed by atoms with Crippen molar-refractivity contribution >= 4 is 33.4 Å². The zero-order valence-electron chi connectivity index (χ0n) is 11.1. The first-order valence-corrected chi connectivity index (χ1v) is 6.95. The number of nitrogens with two attached hydrogens (primary N) is 1. The van der Waals surface area contributed by atoms with Crippen LogP contribution in [0.25, 0.3) is 0 Å². The molecule has 1 fully saturated rings. The number of hydrogen-bond donors (Lipinski definition) is 1. The Kier molecular flexibility index (Phi) is 3.67. The second kappa shape index (κ2) is 4.96. The van der Waals surface area contributed by atoms with Crippen LogP contribution in [-0.2, 0) is 16.1 Å². The van der Waals surface area contributed by atoms with Crippen LogP contribution in [0.5, 0.6) is 0 Å². The Labute approximate surface area is 121 Å². The predicted molar refractivity (Wildman–Crippen MR) is 77.1 cm³/mol. The van der Waals surface area contributed by atoms with E-state index in [2.05, 4.69) is 15.9 Å². The molecule has 0 spiro atoms. The van der Waals surface area contributed by atoms with E-state index in [4.69, 9.17) is 5.73 Å². The summed E-state index contributed by atoms with van der Waals surface area (Å²) in [7, 11) is 0. The van der Waals surface area contributed by atoms with Crippen molar-refractivity contribution in [2.45, 2.75) is 33.2 Å². The fourth-order valence-corrected chi connectivity index (χ4v) is 2.77. The van der Waals surface area contributed by atoms with Gasteiger partial charge in [-0.05, 0) is 23.1 Å². The average Bonchev–Trinajstić information content (AvgIpc) is 2.24. The third-order valence-corrected chi connectivity index (χ3v) is 4.01. The van der Waals surface area contributed by atoms with Gasteiger partial charge in [0.1, 0.15) is 0 Å². The molecule has 0 aromatic heterocycles. The Morgan fingerprint density at radius 2 is 1.84 bits per heavy atom. The van der Waals surface area contributed by atoms with Gasteiger partial charge in [0.05, 0.1) is 6.54 Å². The van der Waals surface area contributed by atoms with Gasteiger partial charge in [-0.3, -0.25) is 14.5 Å². The second-order valence-corrected chi connectivity index (χ2v) is 6.60. The minimum atomic E-state index is -0.233. The van der Waals surface area contributed by atoms with Crippen LogP contribution in [-0.4, -0.2) is 16.7 Å². The molecule has 1 aliphatic heterocycles. The lowest BCUT2D eigenvalue weighted by Gasteiger charge is -2.34. The maximum atomic E-state index is 12.1. The Hall–Kier alpha value is -1.36. The number of halogens is 1. The first-order chi connectivity index (χ1) is 8.78. The minimum absolute atomic E-state index is 0.107. The second-order valence-electron chi connectivity index (χ2n) is 5.74. The monoisotopic (exact) mass is 324 g/mol. The number of amides is 2. The van der Waals surface area contributed by atoms with Crippen LogP contribution in [0.4, 0.5) is 5.69 Å². The van der Waals surface area contributed by atoms with Gasteiger partial charge >= 0.3 is 0 Å². The highest BCUT2D eigenvalue weighted by atomic mass is 79.9. The van der Waals surface area contributed by atoms with Crippen molar-refractivity contribution in [3.8, 4) is 0 Å². The van der Waals surface area contributed by atoms with Gasteiger partial charge in [0.15, 0.2) is 0 Å². The molecule has 0 radical (unpaired) electrons. The molecule has 1 saturated heterocycles. The smallest absolute Gasteiger partial charge is 0.230 e. The fourth-order valence-electron chi connectivity index (χ4n) is 2.25. The van der Waals surface area contributed by atoms with E-state index in [1.807, 2.05) is 19.9 Å². The summed E-state index contributed by atoms with van der Waals surface area (Å²) < 4.78 is 0.818. The Morgan fingerprint density at radius 3 is 2.37 bits per heavy atom. The van der Waals surface area contributed by atoms with E-state index in [1.165, 1.54) is 4.90 Å². The molecular weight excluding hydrogens is 308 g/mol. The highest BCUT2D eigenvalue weighted by molar-refractivity contribution is 9.10. The van der Waals surface area contributed by atoms with Gasteiger partial charge in [-0.15, -0.1) is 0 Å². The topological polar surface area (TPSA) is 63.4 Å². The molecule has 5 heteroatoms. The lowest BCUT2D eigenvalue weighted by atomic mass is 9.81. The molecule has 1 heterocycles. The van der Waals surface area contributed by atoms with Crippen LogP contribution in [0.2, 0.25) is 0 Å². The van der Waals surface area contributed by atoms with E-state index >= 15 is 0 Å². The Balaban J connectivity index is 2.19. The van der Waals surface area contributed by atoms with E-state index < -0.39 is 0 Å². The maximum Gasteiger partial charge on any atom is 0.230 e. The quantitative estimate of drug-likeness (QED) is 0.672. The van der Waals surface area contributed by atoms with Crippen LogP contribution in [0.1, 0.15) is 32.3 Å². The molecular formula is C14H17BrN2O2. The van der Waals surface area contributed by atoms with Gasteiger partial charge < -0.3 is 5.73 Å². The van der Waals surface area contributed by atoms with Gasteiger partial charge in [0.25, 0.3) is 0 Å². The Morgan fingerprint density at radius 1 is 1.26 bits per heavy atom. The maximum absolute atomic E-state index is 12.1. The number of piperidine rings is 1. The van der Waals surface area contributed by atoms with Gasteiger partial charge in [-0.1, -0.05) is 35.8 Å². The number of imide groups is 1. The van der Waals surface area contributed by atoms with E-state index in [9.17, 15) is 9.59 Å². The van der Waals surface area contributed by atoms with E-state index in [0.717, 1.165) is 10.0 Å². The fraction of sp³-hybridized carbons (Fsp3) is 0.429. The Bertz CT molecular complexity index is 520. The van der Waals surface area contributed by atoms with Crippen molar-refractivity contribution in [1.29, 1.82) is 0 Å². The van der Waals surface area contributed by atoms with E-state index in [-0.39, 0.29) is 17.2 Å². The van der Waals surface area contributed by atoms with Crippen molar-refractivity contribution in [3.05, 3.63) is 28.2 Å². The first-order valence-electron chi connectivity index (χ1n) is 6.16. The molecule has 0 aliphatic carbocycles. The van der Waals surface area contributed by atoms with Crippen LogP contribution >= 0.6 is 15.9 Å². The zero-order chi connectivity index (χ0) is 14.2. The first kappa shape index (κ1) is 14.1. The van der Waals surface area contributed by atoms with Crippen LogP contribution in [0.3, 0.4) is 0 Å². The van der Waals surface area contributed by atoms with Crippen molar-refractivity contribution < 1.29 is 9.59 Å². The molecule has 1 aromatic rings. The molecule has 0 bridgehead atoms. The molecule has 2 N–H and O–H groups in total. The van der Waals surface area contributed by atoms with E-state index in [0.29, 0.717) is 25.1 Å². The molecule has 19 heavy (non-hydrogen) atoms. The molecule has 4 nitrogen and oxygen atoms in total. The highest BCUT2D eigenvalue weighted by Gasteiger charge is 2.37. The third-order valence-electron chi connectivity index (χ3n) is 3.27. The summed E-state index contributed by atoms with van der Waals surface area (Å²) in [5.41, 5.74) is 6.97. The van der Waals surface area contributed by atoms with Crippen molar-refractivity contribution in [3.63, 3.8) is 0 Å². The lowest BCUT2D eigenvalue weighted by molar-refractivity contribution is -0.153. The third kappa shape index (κ3) is 3.15. The van der Waals surface area contributed by atoms with Crippen LogP contribution in [0.15, 0.2) is 22.7 Å². The van der Waals surface area contributed by atoms with Gasteiger partial charge in [-0.25, -0.2) is 0 Å². The zero-order valence-corrected chi connectivity index (χ0v) is 12.7. The van der Waals surface area contributed by atoms with Crippen LogP contribution in [0, 0.1) is 5.41 Å². The molecule has 2 amide bonds. The molecule has 0 saturated carbocycles. The summed E-state index contributed by atoms with van der Waals surface area (Å²) in [5.74, 6) is -0.213. The average molecular weight is 325 g/mol. The SMILES string of the molecule is CC1(C)CC(=O)N(Cc2ccc(N)cc2Br)C(=O)C1. The number of nitrogens with zero attached hydrogens (tertiary/aromatic N) is 1. The van der Waals surface area contributed by atoms with Gasteiger partial charge in [0.2, 0.25) is 11.8 Å². The number of nitrogen functional groups attached to an aromatic ring is 1. The molecule has 1 aliphatic rings. The number of carbonyl (C=O) groups excluding carboxylic acids is 2. The lowest BCUT2D eigenvalue weighted by Crippen LogP contribution is -2.45. The molecule has 1 aromatic carbocycles. The number of benzene rings is 1. The van der Waals surface area contributed by atoms with Gasteiger partial charge in [0, 0.05) is 23.0 Å². The van der Waals surface area contributed by atoms with Crippen molar-refractivity contribution in [1.82, 2.24) is 4.90 Å². The highest BCUT2D eigenvalue weighted by Crippen LogP contribution is 2.33. The van der Waals surface area contributed by atoms with E-state index in [1.54, 1.807) is 12.1 Å². The van der Waals surface area contributed by atoms with Crippen molar-refractivity contribution in [2.75, 3.05) is 5.73 Å². The van der Waals surface area contributed by atoms with Crippen LogP contribution < -0.4 is 5.73 Å². The molecule has 0 atom stereocenters. The number of rotatable bonds is 2. The summed E-state index contributed by atoms with van der Waals surface area (Å²) in [6.45, 7) is 4.19. The molecule has 102 valence electrons. The normalized spacial score (nSPS) is 18.8. The predicted octanol–water partition coefficient (Wildman–Crippen LogP) is 2.71. The molecule has 0 unspecified atom stereocenters. The summed E-state index contributed by atoms with van der Waals surface area (Å²) in [4.78, 5) is 25.5. The minimum Gasteiger partial charge on any atom is -0.399 e.